The molecule has 2 heterocycles. The molecule has 0 aliphatic carbocycles. The van der Waals surface area contributed by atoms with E-state index in [-0.39, 0.29) is 0 Å². The minimum absolute atomic E-state index is 0.509. The van der Waals surface area contributed by atoms with Crippen molar-refractivity contribution >= 4 is 11.3 Å². The number of thiazole rings is 1. The van der Waals surface area contributed by atoms with Crippen LogP contribution in [0.25, 0.3) is 10.6 Å². The first-order valence-corrected chi connectivity index (χ1v) is 7.67. The molecule has 4 nitrogen and oxygen atoms in total. The first kappa shape index (κ1) is 15.1. The highest BCUT2D eigenvalue weighted by Crippen LogP contribution is 2.28. The van der Waals surface area contributed by atoms with Gasteiger partial charge in [-0.05, 0) is 25.5 Å². The van der Waals surface area contributed by atoms with E-state index in [2.05, 4.69) is 29.1 Å². The summed E-state index contributed by atoms with van der Waals surface area (Å²) < 4.78 is 5.25. The molecule has 0 bridgehead atoms. The maximum absolute atomic E-state index is 5.25. The number of nitrogens with one attached hydrogen (secondary N) is 1. The lowest BCUT2D eigenvalue weighted by atomic mass is 10.2. The number of hydrogen-bond acceptors (Lipinski definition) is 5. The van der Waals surface area contributed by atoms with E-state index in [1.165, 1.54) is 4.88 Å². The Morgan fingerprint density at radius 3 is 2.95 bits per heavy atom. The number of nitrogens with zero attached hydrogens (tertiary/aromatic N) is 2. The molecule has 0 spiro atoms. The Morgan fingerprint density at radius 2 is 2.30 bits per heavy atom. The van der Waals surface area contributed by atoms with Gasteiger partial charge in [0.1, 0.15) is 5.01 Å². The Labute approximate surface area is 124 Å². The third kappa shape index (κ3) is 3.85. The van der Waals surface area contributed by atoms with Gasteiger partial charge in [0, 0.05) is 42.5 Å². The normalized spacial score (nSPS) is 12.6. The zero-order chi connectivity index (χ0) is 14.4. The molecular weight excluding hydrogens is 270 g/mol. The highest BCUT2D eigenvalue weighted by molar-refractivity contribution is 7.15. The van der Waals surface area contributed by atoms with Gasteiger partial charge in [0.15, 0.2) is 0 Å². The third-order valence-electron chi connectivity index (χ3n) is 3.19. The molecule has 20 heavy (non-hydrogen) atoms. The molecule has 2 rings (SSSR count). The number of hydrogen-bond donors (Lipinski definition) is 1. The molecular formula is C15H21N3OS. The number of pyridine rings is 1. The molecule has 0 aliphatic heterocycles. The van der Waals surface area contributed by atoms with Crippen LogP contribution >= 0.6 is 11.3 Å². The quantitative estimate of drug-likeness (QED) is 0.850. The lowest BCUT2D eigenvalue weighted by molar-refractivity contribution is 0.181. The van der Waals surface area contributed by atoms with Crippen LogP contribution < -0.4 is 5.32 Å². The van der Waals surface area contributed by atoms with Crippen LogP contribution in [0.15, 0.2) is 24.5 Å². The molecule has 2 aromatic rings. The van der Waals surface area contributed by atoms with Gasteiger partial charge in [-0.25, -0.2) is 4.98 Å². The average Bonchev–Trinajstić information content (AvgIpc) is 2.89. The molecule has 0 saturated heterocycles. The second-order valence-corrected chi connectivity index (χ2v) is 5.84. The van der Waals surface area contributed by atoms with Crippen LogP contribution in [0.3, 0.4) is 0 Å². The van der Waals surface area contributed by atoms with Crippen molar-refractivity contribution in [3.05, 3.63) is 35.1 Å². The lowest BCUT2D eigenvalue weighted by Crippen LogP contribution is -2.24. The monoisotopic (exact) mass is 291 g/mol. The molecule has 0 fully saturated rings. The van der Waals surface area contributed by atoms with Crippen LogP contribution in [0.2, 0.25) is 0 Å². The van der Waals surface area contributed by atoms with E-state index in [0.717, 1.165) is 29.2 Å². The first-order valence-electron chi connectivity index (χ1n) is 6.85. The third-order valence-corrected chi connectivity index (χ3v) is 4.34. The van der Waals surface area contributed by atoms with Crippen molar-refractivity contribution in [3.8, 4) is 10.6 Å². The minimum atomic E-state index is 0.509. The van der Waals surface area contributed by atoms with Gasteiger partial charge in [-0.2, -0.15) is 0 Å². The standard InChI is InChI=1S/C15H21N3OS/c1-4-11(2)17-9-14-13(10-19-3)18-15(20-14)12-6-5-7-16-8-12/h5-8,11,17H,4,9-10H2,1-3H3. The smallest absolute Gasteiger partial charge is 0.125 e. The van der Waals surface area contributed by atoms with E-state index in [1.54, 1.807) is 24.6 Å². The summed E-state index contributed by atoms with van der Waals surface area (Å²) in [6.45, 7) is 5.76. The van der Waals surface area contributed by atoms with Crippen molar-refractivity contribution in [1.29, 1.82) is 0 Å². The summed E-state index contributed by atoms with van der Waals surface area (Å²) in [4.78, 5) is 10.1. The number of methoxy groups -OCH3 is 1. The summed E-state index contributed by atoms with van der Waals surface area (Å²) in [5.74, 6) is 0. The van der Waals surface area contributed by atoms with Crippen molar-refractivity contribution in [2.24, 2.45) is 0 Å². The fourth-order valence-electron chi connectivity index (χ4n) is 1.79. The van der Waals surface area contributed by atoms with Crippen molar-refractivity contribution in [1.82, 2.24) is 15.3 Å². The average molecular weight is 291 g/mol. The van der Waals surface area contributed by atoms with Crippen LogP contribution in [0.1, 0.15) is 30.8 Å². The van der Waals surface area contributed by atoms with Crippen molar-refractivity contribution in [2.75, 3.05) is 7.11 Å². The predicted molar refractivity (Wildman–Crippen MR) is 82.7 cm³/mol. The van der Waals surface area contributed by atoms with Gasteiger partial charge in [-0.3, -0.25) is 4.98 Å². The van der Waals surface area contributed by atoms with Gasteiger partial charge in [0.2, 0.25) is 0 Å². The predicted octanol–water partition coefficient (Wildman–Crippen LogP) is 3.24. The molecule has 0 amide bonds. The molecule has 0 aliphatic rings. The molecule has 5 heteroatoms. The summed E-state index contributed by atoms with van der Waals surface area (Å²) in [7, 11) is 1.70. The van der Waals surface area contributed by atoms with E-state index >= 15 is 0 Å². The second-order valence-electron chi connectivity index (χ2n) is 4.75. The Bertz CT molecular complexity index is 527. The fraction of sp³-hybridized carbons (Fsp3) is 0.467. The second kappa shape index (κ2) is 7.47. The Balaban J connectivity index is 2.19. The minimum Gasteiger partial charge on any atom is -0.378 e. The van der Waals surface area contributed by atoms with Crippen molar-refractivity contribution in [2.45, 2.75) is 39.5 Å². The van der Waals surface area contributed by atoms with Gasteiger partial charge in [0.25, 0.3) is 0 Å². The van der Waals surface area contributed by atoms with Gasteiger partial charge in [-0.1, -0.05) is 6.92 Å². The molecule has 1 unspecified atom stereocenters. The van der Waals surface area contributed by atoms with E-state index < -0.39 is 0 Å². The summed E-state index contributed by atoms with van der Waals surface area (Å²) in [5, 5.41) is 4.52. The van der Waals surface area contributed by atoms with E-state index in [9.17, 15) is 0 Å². The molecule has 0 aromatic carbocycles. The van der Waals surface area contributed by atoms with Crippen LogP contribution in [0.5, 0.6) is 0 Å². The van der Waals surface area contributed by atoms with Gasteiger partial charge in [-0.15, -0.1) is 11.3 Å². The van der Waals surface area contributed by atoms with E-state index in [4.69, 9.17) is 4.74 Å². The van der Waals surface area contributed by atoms with Gasteiger partial charge in [0.05, 0.1) is 12.3 Å². The molecule has 0 saturated carbocycles. The van der Waals surface area contributed by atoms with Crippen LogP contribution in [-0.4, -0.2) is 23.1 Å². The molecule has 1 atom stereocenters. The molecule has 2 aromatic heterocycles. The van der Waals surface area contributed by atoms with Crippen LogP contribution in [0, 0.1) is 0 Å². The highest BCUT2D eigenvalue weighted by Gasteiger charge is 2.13. The molecule has 1 N–H and O–H groups in total. The summed E-state index contributed by atoms with van der Waals surface area (Å²) in [6, 6.07) is 4.48. The largest absolute Gasteiger partial charge is 0.378 e. The number of rotatable bonds is 7. The summed E-state index contributed by atoms with van der Waals surface area (Å²) in [5.41, 5.74) is 2.08. The van der Waals surface area contributed by atoms with Crippen LogP contribution in [0.4, 0.5) is 0 Å². The van der Waals surface area contributed by atoms with Crippen molar-refractivity contribution in [3.63, 3.8) is 0 Å². The Morgan fingerprint density at radius 1 is 1.45 bits per heavy atom. The van der Waals surface area contributed by atoms with E-state index in [1.807, 2.05) is 18.3 Å². The Hall–Kier alpha value is -1.30. The maximum Gasteiger partial charge on any atom is 0.125 e. The summed E-state index contributed by atoms with van der Waals surface area (Å²) >= 11 is 1.71. The molecule has 0 radical (unpaired) electrons. The van der Waals surface area contributed by atoms with Crippen LogP contribution in [-0.2, 0) is 17.9 Å². The molecule has 108 valence electrons. The van der Waals surface area contributed by atoms with Gasteiger partial charge < -0.3 is 10.1 Å². The number of ether oxygens (including phenoxy) is 1. The van der Waals surface area contributed by atoms with E-state index in [0.29, 0.717) is 12.6 Å². The summed E-state index contributed by atoms with van der Waals surface area (Å²) in [6.07, 6.45) is 4.74. The van der Waals surface area contributed by atoms with Gasteiger partial charge >= 0.3 is 0 Å². The zero-order valence-electron chi connectivity index (χ0n) is 12.2. The maximum atomic E-state index is 5.25. The first-order chi connectivity index (χ1) is 9.74. The fourth-order valence-corrected chi connectivity index (χ4v) is 2.80. The zero-order valence-corrected chi connectivity index (χ0v) is 13.0. The number of aromatic nitrogens is 2. The SMILES string of the molecule is CCC(C)NCc1sc(-c2cccnc2)nc1COC. The highest BCUT2D eigenvalue weighted by atomic mass is 32.1. The van der Waals surface area contributed by atoms with Crippen molar-refractivity contribution < 1.29 is 4.74 Å². The topological polar surface area (TPSA) is 47.0 Å². The lowest BCUT2D eigenvalue weighted by Gasteiger charge is -2.10. The Kier molecular flexibility index (Phi) is 5.64.